The van der Waals surface area contributed by atoms with Crippen molar-refractivity contribution in [2.24, 2.45) is 21.8 Å². The van der Waals surface area contributed by atoms with Crippen LogP contribution in [0.25, 0.3) is 33.3 Å². The number of aromatic nitrogens is 3. The molecule has 378 valence electrons. The predicted molar refractivity (Wildman–Crippen MR) is 290 cm³/mol. The van der Waals surface area contributed by atoms with E-state index in [-0.39, 0.29) is 89.7 Å². The van der Waals surface area contributed by atoms with Gasteiger partial charge in [0.2, 0.25) is 18.0 Å². The molecule has 5 atom stereocenters. The first-order valence-corrected chi connectivity index (χ1v) is 23.3. The minimum atomic E-state index is -0.748. The third-order valence-electron chi connectivity index (χ3n) is 13.3. The van der Waals surface area contributed by atoms with E-state index in [1.807, 2.05) is 74.6 Å². The fourth-order valence-electron chi connectivity index (χ4n) is 9.90. The first-order valence-electron chi connectivity index (χ1n) is 22.5. The van der Waals surface area contributed by atoms with E-state index in [4.69, 9.17) is 24.2 Å². The van der Waals surface area contributed by atoms with Crippen molar-refractivity contribution in [3.63, 3.8) is 0 Å². The number of allylic oxidation sites excluding steroid dienone is 2. The maximum atomic E-state index is 16.8. The zero-order valence-corrected chi connectivity index (χ0v) is 44.9. The highest BCUT2D eigenvalue weighted by molar-refractivity contribution is 7.59. The van der Waals surface area contributed by atoms with Crippen LogP contribution < -0.4 is 15.4 Å². The van der Waals surface area contributed by atoms with Gasteiger partial charge in [-0.25, -0.2) is 14.0 Å². The molecule has 0 radical (unpaired) electrons. The van der Waals surface area contributed by atoms with E-state index in [1.165, 1.54) is 31.6 Å². The van der Waals surface area contributed by atoms with Gasteiger partial charge >= 0.3 is 12.2 Å². The zero-order chi connectivity index (χ0) is 46.6. The number of aryl methyl sites for hydroxylation is 1. The number of ether oxygens (including phenoxy) is 3. The molecule has 4 aromatic rings. The summed E-state index contributed by atoms with van der Waals surface area (Å²) in [5.41, 5.74) is 6.90. The molecule has 5 aliphatic heterocycles. The van der Waals surface area contributed by atoms with E-state index in [1.54, 1.807) is 11.1 Å². The molecule has 7 heterocycles. The molecular weight excluding hydrogens is 994 g/mol. The Hall–Kier alpha value is -5.03. The Kier molecular flexibility index (Phi) is 18.4. The van der Waals surface area contributed by atoms with Gasteiger partial charge in [0, 0.05) is 55.1 Å². The number of benzene rings is 2. The smallest absolute Gasteiger partial charge is 0.407 e. The average Bonchev–Trinajstić information content (AvgIpc) is 4.16. The van der Waals surface area contributed by atoms with Gasteiger partial charge in [-0.2, -0.15) is 54.0 Å². The molecule has 5 aliphatic rings. The lowest BCUT2D eigenvalue weighted by atomic mass is 9.95. The summed E-state index contributed by atoms with van der Waals surface area (Å²) in [5.74, 6) is -0.706. The van der Waals surface area contributed by atoms with Crippen molar-refractivity contribution in [1.82, 2.24) is 35.2 Å². The van der Waals surface area contributed by atoms with Gasteiger partial charge < -0.3 is 34.6 Å². The van der Waals surface area contributed by atoms with Crippen LogP contribution in [0.2, 0.25) is 0 Å². The highest BCUT2D eigenvalue weighted by Crippen LogP contribution is 2.48. The van der Waals surface area contributed by atoms with Gasteiger partial charge in [-0.3, -0.25) is 24.1 Å². The Bertz CT molecular complexity index is 2770. The molecular formula is C48H62FN9O7S5. The number of hydrogen-bond acceptors (Lipinski definition) is 12. The Balaban J connectivity index is 0.00000228. The summed E-state index contributed by atoms with van der Waals surface area (Å²) < 4.78 is 35.1. The number of aliphatic imine (C=N–C) groups is 2. The molecule has 2 aromatic carbocycles. The molecule has 0 aliphatic carbocycles. The number of fused-ring (bicyclic) bond motifs is 5. The molecule has 0 spiro atoms. The van der Waals surface area contributed by atoms with Crippen LogP contribution in [0.1, 0.15) is 93.6 Å². The third-order valence-corrected chi connectivity index (χ3v) is 14.1. The second kappa shape index (κ2) is 23.0. The summed E-state index contributed by atoms with van der Waals surface area (Å²) in [5, 5.41) is 16.5. The molecule has 1 unspecified atom stereocenters. The summed E-state index contributed by atoms with van der Waals surface area (Å²) in [6, 6.07) is 9.59. The number of carbonyl (C=O) groups excluding carboxylic acids is 4. The van der Waals surface area contributed by atoms with Gasteiger partial charge in [0.05, 0.1) is 43.1 Å². The minimum absolute atomic E-state index is 0. The van der Waals surface area contributed by atoms with Gasteiger partial charge in [-0.05, 0) is 97.0 Å². The van der Waals surface area contributed by atoms with Crippen LogP contribution in [-0.4, -0.2) is 111 Å². The van der Waals surface area contributed by atoms with Crippen molar-refractivity contribution in [2.45, 2.75) is 104 Å². The maximum absolute atomic E-state index is 16.8. The van der Waals surface area contributed by atoms with Crippen molar-refractivity contribution in [3.05, 3.63) is 75.8 Å². The third kappa shape index (κ3) is 10.6. The van der Waals surface area contributed by atoms with E-state index in [2.05, 4.69) is 26.9 Å². The predicted octanol–water partition coefficient (Wildman–Crippen LogP) is 8.11. The summed E-state index contributed by atoms with van der Waals surface area (Å²) >= 11 is 1.42. The molecule has 4 amide bonds. The molecule has 2 fully saturated rings. The lowest BCUT2D eigenvalue weighted by Crippen LogP contribution is -2.53. The van der Waals surface area contributed by atoms with Crippen LogP contribution in [0, 0.1) is 24.6 Å². The van der Waals surface area contributed by atoms with Crippen molar-refractivity contribution in [2.75, 3.05) is 27.3 Å². The van der Waals surface area contributed by atoms with Gasteiger partial charge in [0.15, 0.2) is 5.01 Å². The Labute approximate surface area is 438 Å². The number of hydrogen-bond donors (Lipinski definition) is 2. The largest absolute Gasteiger partial charge is 0.462 e. The minimum Gasteiger partial charge on any atom is -0.462 e. The van der Waals surface area contributed by atoms with Gasteiger partial charge in [-0.15, -0.1) is 10.2 Å². The number of likely N-dealkylation sites (tertiary alicyclic amines) is 2. The normalized spacial score (nSPS) is 19.7. The van der Waals surface area contributed by atoms with E-state index in [9.17, 15) is 19.2 Å². The molecule has 2 saturated heterocycles. The molecule has 0 saturated carbocycles. The number of methoxy groups -OCH3 is 2. The van der Waals surface area contributed by atoms with Crippen LogP contribution in [0.15, 0.2) is 58.8 Å². The second-order valence-corrected chi connectivity index (χ2v) is 19.3. The summed E-state index contributed by atoms with van der Waals surface area (Å²) in [6.45, 7) is 10.6. The number of nitrogens with zero attached hydrogens (tertiary/aromatic N) is 7. The number of carbonyl (C=O) groups is 4. The molecule has 22 heteroatoms. The van der Waals surface area contributed by atoms with Crippen molar-refractivity contribution < 1.29 is 37.8 Å². The molecule has 9 rings (SSSR count). The van der Waals surface area contributed by atoms with Gasteiger partial charge in [-0.1, -0.05) is 45.1 Å². The van der Waals surface area contributed by atoms with Crippen molar-refractivity contribution >= 4 is 123 Å². The SMILES string of the molecule is COC(=O)N[C@H](C(=O)N1CCC[C@H]1C1=NC=C(c2cc(F)c3c(c2)OC(c2nnc(C)s2)n2c-3cc3cc(C4=CN=C([C@@H]5CCCN5C(=O)[C@@H](NC(=O)OC)C(C)C)C4)ccc32)C1)C(C)C.S.S.S.S. The molecule has 0 bridgehead atoms. The number of amides is 4. The lowest BCUT2D eigenvalue weighted by molar-refractivity contribution is -0.134. The van der Waals surface area contributed by atoms with E-state index >= 15 is 4.39 Å². The number of nitrogens with one attached hydrogen (secondary N) is 2. The zero-order valence-electron chi connectivity index (χ0n) is 40.1. The first-order chi connectivity index (χ1) is 31.7. The standard InChI is InChI=1S/C48H54FN9O7S.4H2S/c1-24(2)41(52-47(61)63-6)44(59)56-14-8-10-36(56)33-18-30(22-50-33)27-12-13-35-29(16-27)20-38-40-32(49)17-28(21-39(40)65-46(58(35)38)43-55-54-26(5)66-43)31-19-34(51-23-31)37-11-9-15-57(37)45(60)42(25(3)4)53-48(62)64-7;;;;/h12-13,16-17,20-25,36-37,41-42,46H,8-11,14-15,18-19H2,1-7H3,(H,52,61)(H,53,62);4*1H2/t36-,37-,41-,42-,46?;;;;/m0..../s1. The topological polar surface area (TPSA) is 182 Å². The lowest BCUT2D eigenvalue weighted by Gasteiger charge is -2.31. The van der Waals surface area contributed by atoms with Crippen LogP contribution in [-0.2, 0) is 19.1 Å². The van der Waals surface area contributed by atoms with Crippen molar-refractivity contribution in [3.8, 4) is 17.0 Å². The Morgan fingerprint density at radius 2 is 1.30 bits per heavy atom. The highest BCUT2D eigenvalue weighted by Gasteiger charge is 2.41. The van der Waals surface area contributed by atoms with Crippen LogP contribution in [0.4, 0.5) is 14.0 Å². The second-order valence-electron chi connectivity index (χ2n) is 18.1. The Morgan fingerprint density at radius 3 is 1.80 bits per heavy atom. The van der Waals surface area contributed by atoms with E-state index in [0.29, 0.717) is 53.5 Å². The van der Waals surface area contributed by atoms with Crippen LogP contribution in [0.3, 0.4) is 0 Å². The summed E-state index contributed by atoms with van der Waals surface area (Å²) in [6.07, 6.45) is 5.71. The molecule has 2 N–H and O–H groups in total. The summed E-state index contributed by atoms with van der Waals surface area (Å²) in [4.78, 5) is 65.1. The summed E-state index contributed by atoms with van der Waals surface area (Å²) in [7, 11) is 2.56. The van der Waals surface area contributed by atoms with Gasteiger partial charge in [0.25, 0.3) is 0 Å². The fourth-order valence-corrected chi connectivity index (χ4v) is 10.6. The van der Waals surface area contributed by atoms with Gasteiger partial charge in [0.1, 0.15) is 28.7 Å². The number of halogens is 1. The average molecular weight is 1060 g/mol. The Morgan fingerprint density at radius 1 is 0.757 bits per heavy atom. The highest BCUT2D eigenvalue weighted by atomic mass is 32.1. The number of alkyl carbamates (subject to hydrolysis) is 2. The monoisotopic (exact) mass is 1060 g/mol. The molecule has 70 heavy (non-hydrogen) atoms. The van der Waals surface area contributed by atoms with E-state index < -0.39 is 36.3 Å². The van der Waals surface area contributed by atoms with Crippen LogP contribution >= 0.6 is 65.3 Å². The maximum Gasteiger partial charge on any atom is 0.407 e. The van der Waals surface area contributed by atoms with E-state index in [0.717, 1.165) is 69.7 Å². The quantitative estimate of drug-likeness (QED) is 0.150. The number of rotatable bonds is 11. The van der Waals surface area contributed by atoms with Crippen molar-refractivity contribution in [1.29, 1.82) is 0 Å². The van der Waals surface area contributed by atoms with Crippen LogP contribution in [0.5, 0.6) is 5.75 Å². The first kappa shape index (κ1) is 55.9. The molecule has 2 aromatic heterocycles. The fraction of sp³-hybridized carbons (Fsp3) is 0.458. The molecule has 16 nitrogen and oxygen atoms in total.